The molecule has 1 heterocycles. The number of fused-ring (bicyclic) bond motifs is 2. The van der Waals surface area contributed by atoms with Crippen LogP contribution in [0.15, 0.2) is 54.6 Å². The van der Waals surface area contributed by atoms with Crippen molar-refractivity contribution < 1.29 is 27.9 Å². The highest BCUT2D eigenvalue weighted by Crippen LogP contribution is 2.60. The Hall–Kier alpha value is -3.49. The molecular formula is C27H20Cl2F2N2O4. The highest BCUT2D eigenvalue weighted by atomic mass is 35.5. The van der Waals surface area contributed by atoms with Crippen LogP contribution in [-0.2, 0) is 15.0 Å². The molecule has 3 aromatic carbocycles. The number of hydrogen-bond acceptors (Lipinski definition) is 4. The van der Waals surface area contributed by atoms with Crippen LogP contribution in [0.1, 0.15) is 35.7 Å². The van der Waals surface area contributed by atoms with Gasteiger partial charge in [0.25, 0.3) is 5.91 Å². The van der Waals surface area contributed by atoms with Gasteiger partial charge in [0.15, 0.2) is 5.75 Å². The van der Waals surface area contributed by atoms with Crippen molar-refractivity contribution in [2.24, 2.45) is 5.92 Å². The standard InChI is InChI=1S/C27H20Cl2F2N2O4/c1-14(13-32-24(34)23-16(28)5-4-6-18(23)30)25(35)37-22-8-3-2-7-20(22)33-21-12-17(29)19(31)11-15(21)27(9-10-27)26(33)36/h2-8,11-12,14H,9-10,13H2,1H3,(H,32,34)/t14-/m0/s1. The van der Waals surface area contributed by atoms with Crippen LogP contribution in [0.3, 0.4) is 0 Å². The van der Waals surface area contributed by atoms with Gasteiger partial charge >= 0.3 is 5.97 Å². The molecule has 6 nitrogen and oxygen atoms in total. The van der Waals surface area contributed by atoms with E-state index in [-0.39, 0.29) is 33.8 Å². The van der Waals surface area contributed by atoms with Crippen molar-refractivity contribution in [3.05, 3.63) is 87.4 Å². The van der Waals surface area contributed by atoms with Gasteiger partial charge in [0.2, 0.25) is 5.91 Å². The highest BCUT2D eigenvalue weighted by molar-refractivity contribution is 6.34. The first-order chi connectivity index (χ1) is 17.6. The lowest BCUT2D eigenvalue weighted by Gasteiger charge is -2.22. The van der Waals surface area contributed by atoms with E-state index in [1.165, 1.54) is 42.2 Å². The van der Waals surface area contributed by atoms with Crippen molar-refractivity contribution in [2.45, 2.75) is 25.2 Å². The molecule has 2 amide bonds. The Balaban J connectivity index is 1.35. The maximum atomic E-state index is 14.2. The van der Waals surface area contributed by atoms with Crippen LogP contribution in [0.25, 0.3) is 0 Å². The number of esters is 1. The fourth-order valence-electron chi connectivity index (χ4n) is 4.46. The molecule has 1 fully saturated rings. The van der Waals surface area contributed by atoms with Crippen LogP contribution in [-0.4, -0.2) is 24.3 Å². The summed E-state index contributed by atoms with van der Waals surface area (Å²) in [4.78, 5) is 40.1. The number of carbonyl (C=O) groups is 3. The quantitative estimate of drug-likeness (QED) is 0.307. The SMILES string of the molecule is C[C@@H](CNC(=O)c1c(F)cccc1Cl)C(=O)Oc1ccccc1N1C(=O)C2(CC2)c2cc(F)c(Cl)cc21. The molecule has 10 heteroatoms. The van der Waals surface area contributed by atoms with Crippen molar-refractivity contribution in [2.75, 3.05) is 11.4 Å². The minimum atomic E-state index is -0.817. The minimum Gasteiger partial charge on any atom is -0.424 e. The maximum absolute atomic E-state index is 14.2. The summed E-state index contributed by atoms with van der Waals surface area (Å²) in [5.74, 6) is -3.78. The summed E-state index contributed by atoms with van der Waals surface area (Å²) in [6.07, 6.45) is 1.17. The van der Waals surface area contributed by atoms with Gasteiger partial charge < -0.3 is 10.1 Å². The van der Waals surface area contributed by atoms with Gasteiger partial charge in [-0.05, 0) is 54.8 Å². The predicted octanol–water partition coefficient (Wildman–Crippen LogP) is 5.95. The monoisotopic (exact) mass is 544 g/mol. The number of ether oxygens (including phenoxy) is 1. The van der Waals surface area contributed by atoms with Gasteiger partial charge in [-0.25, -0.2) is 8.78 Å². The first kappa shape index (κ1) is 25.2. The summed E-state index contributed by atoms with van der Waals surface area (Å²) >= 11 is 12.0. The van der Waals surface area contributed by atoms with Crippen molar-refractivity contribution >= 4 is 52.4 Å². The van der Waals surface area contributed by atoms with Crippen LogP contribution >= 0.6 is 23.2 Å². The number of nitrogens with zero attached hydrogens (tertiary/aromatic N) is 1. The summed E-state index contributed by atoms with van der Waals surface area (Å²) in [7, 11) is 0. The number of nitrogens with one attached hydrogen (secondary N) is 1. The summed E-state index contributed by atoms with van der Waals surface area (Å²) in [6, 6.07) is 13.1. The largest absolute Gasteiger partial charge is 0.424 e. The third-order valence-electron chi connectivity index (χ3n) is 6.64. The van der Waals surface area contributed by atoms with Gasteiger partial charge in [-0.1, -0.05) is 48.3 Å². The van der Waals surface area contributed by atoms with Gasteiger partial charge in [-0.15, -0.1) is 0 Å². The van der Waals surface area contributed by atoms with E-state index >= 15 is 0 Å². The predicted molar refractivity (Wildman–Crippen MR) is 134 cm³/mol. The first-order valence-electron chi connectivity index (χ1n) is 11.5. The van der Waals surface area contributed by atoms with Crippen molar-refractivity contribution in [1.82, 2.24) is 5.32 Å². The fourth-order valence-corrected chi connectivity index (χ4v) is 4.87. The van der Waals surface area contributed by atoms with E-state index < -0.39 is 34.8 Å². The number of amides is 2. The molecule has 1 aliphatic carbocycles. The van der Waals surface area contributed by atoms with Crippen molar-refractivity contribution in [3.8, 4) is 5.75 Å². The number of carbonyl (C=O) groups excluding carboxylic acids is 3. The summed E-state index contributed by atoms with van der Waals surface area (Å²) < 4.78 is 33.9. The van der Waals surface area contributed by atoms with Crippen LogP contribution in [0.2, 0.25) is 10.0 Å². The van der Waals surface area contributed by atoms with Gasteiger partial charge in [0.05, 0.1) is 38.3 Å². The average molecular weight is 545 g/mol. The Morgan fingerprint density at radius 3 is 2.46 bits per heavy atom. The second kappa shape index (κ2) is 9.43. The summed E-state index contributed by atoms with van der Waals surface area (Å²) in [5, 5.41) is 2.32. The number of para-hydroxylation sites is 2. The third kappa shape index (κ3) is 4.34. The molecule has 0 radical (unpaired) electrons. The number of anilines is 2. The first-order valence-corrected chi connectivity index (χ1v) is 12.3. The maximum Gasteiger partial charge on any atom is 0.315 e. The van der Waals surface area contributed by atoms with Gasteiger partial charge in [-0.2, -0.15) is 0 Å². The lowest BCUT2D eigenvalue weighted by molar-refractivity contribution is -0.138. The number of halogens is 4. The molecule has 1 spiro atoms. The van der Waals surface area contributed by atoms with Crippen molar-refractivity contribution in [1.29, 1.82) is 0 Å². The topological polar surface area (TPSA) is 75.7 Å². The normalized spacial score (nSPS) is 15.9. The number of hydrogen-bond donors (Lipinski definition) is 1. The Morgan fingerprint density at radius 2 is 1.76 bits per heavy atom. The molecule has 0 bridgehead atoms. The molecule has 2 aliphatic rings. The zero-order valence-corrected chi connectivity index (χ0v) is 21.0. The lowest BCUT2D eigenvalue weighted by Crippen LogP contribution is -2.34. The van der Waals surface area contributed by atoms with E-state index in [4.69, 9.17) is 27.9 Å². The van der Waals surface area contributed by atoms with Gasteiger partial charge in [0, 0.05) is 6.54 Å². The van der Waals surface area contributed by atoms with E-state index in [1.54, 1.807) is 18.2 Å². The summed E-state index contributed by atoms with van der Waals surface area (Å²) in [6.45, 7) is 1.39. The molecule has 1 saturated carbocycles. The molecule has 1 aliphatic heterocycles. The second-order valence-electron chi connectivity index (χ2n) is 9.10. The molecule has 0 aromatic heterocycles. The molecule has 0 unspecified atom stereocenters. The van der Waals surface area contributed by atoms with E-state index in [1.807, 2.05) is 0 Å². The molecule has 3 aromatic rings. The molecule has 1 atom stereocenters. The smallest absolute Gasteiger partial charge is 0.315 e. The zero-order chi connectivity index (χ0) is 26.5. The Labute approximate surface area is 221 Å². The molecular weight excluding hydrogens is 525 g/mol. The molecule has 1 N–H and O–H groups in total. The summed E-state index contributed by atoms with van der Waals surface area (Å²) in [5.41, 5.74) is 0.194. The average Bonchev–Trinajstić information content (AvgIpc) is 3.63. The Morgan fingerprint density at radius 1 is 1.03 bits per heavy atom. The van der Waals surface area contributed by atoms with Crippen LogP contribution in [0.5, 0.6) is 5.75 Å². The van der Waals surface area contributed by atoms with E-state index in [9.17, 15) is 23.2 Å². The van der Waals surface area contributed by atoms with Crippen molar-refractivity contribution in [3.63, 3.8) is 0 Å². The Bertz CT molecular complexity index is 1440. The van der Waals surface area contributed by atoms with Crippen LogP contribution in [0.4, 0.5) is 20.2 Å². The van der Waals surface area contributed by atoms with E-state index in [0.29, 0.717) is 29.8 Å². The zero-order valence-electron chi connectivity index (χ0n) is 19.5. The van der Waals surface area contributed by atoms with E-state index in [2.05, 4.69) is 5.32 Å². The van der Waals surface area contributed by atoms with Crippen LogP contribution in [0, 0.1) is 17.6 Å². The number of rotatable bonds is 6. The highest BCUT2D eigenvalue weighted by Gasteiger charge is 2.60. The lowest BCUT2D eigenvalue weighted by atomic mass is 9.98. The van der Waals surface area contributed by atoms with Gasteiger partial charge in [0.1, 0.15) is 11.6 Å². The molecule has 190 valence electrons. The molecule has 0 saturated heterocycles. The third-order valence-corrected chi connectivity index (χ3v) is 7.24. The molecule has 5 rings (SSSR count). The Kier molecular flexibility index (Phi) is 6.41. The van der Waals surface area contributed by atoms with E-state index in [0.717, 1.165) is 6.07 Å². The van der Waals surface area contributed by atoms with Gasteiger partial charge in [-0.3, -0.25) is 19.3 Å². The number of benzene rings is 3. The van der Waals surface area contributed by atoms with Crippen LogP contribution < -0.4 is 15.0 Å². The molecule has 37 heavy (non-hydrogen) atoms. The fraction of sp³-hybridized carbons (Fsp3) is 0.222. The minimum absolute atomic E-state index is 0.0503. The second-order valence-corrected chi connectivity index (χ2v) is 9.92.